The Morgan fingerprint density at radius 2 is 0.974 bits per heavy atom. The molecule has 6 aromatic carbocycles. The second kappa shape index (κ2) is 8.72. The Morgan fingerprint density at radius 3 is 1.69 bits per heavy atom. The Bertz CT molecular complexity index is 2170. The van der Waals surface area contributed by atoms with Gasteiger partial charge in [-0.1, -0.05) is 82.7 Å². The van der Waals surface area contributed by atoms with Crippen molar-refractivity contribution in [2.45, 2.75) is 0 Å². The molecule has 8 aromatic rings. The van der Waals surface area contributed by atoms with E-state index in [0.29, 0.717) is 0 Å². The Kier molecular flexibility index (Phi) is 5.01. The van der Waals surface area contributed by atoms with Crippen LogP contribution in [0.1, 0.15) is 0 Å². The fraction of sp³-hybridized carbons (Fsp3) is 0. The van der Waals surface area contributed by atoms with Crippen molar-refractivity contribution >= 4 is 59.7 Å². The summed E-state index contributed by atoms with van der Waals surface area (Å²) in [6.07, 6.45) is 0. The van der Waals surface area contributed by atoms with Crippen LogP contribution in [0.15, 0.2) is 142 Å². The average molecular weight is 564 g/mol. The number of nitrogens with zero attached hydrogens (tertiary/aromatic N) is 1. The molecular weight excluding hydrogens is 542 g/mol. The van der Waals surface area contributed by atoms with Crippen molar-refractivity contribution in [3.05, 3.63) is 138 Å². The summed E-state index contributed by atoms with van der Waals surface area (Å²) in [7, 11) is 0. The molecule has 2 heterocycles. The topological polar surface area (TPSA) is 18.1 Å². The number of benzene rings is 6. The molecule has 0 aliphatic heterocycles. The molecule has 0 bridgehead atoms. The lowest BCUT2D eigenvalue weighted by molar-refractivity contribution is 0.669. The van der Waals surface area contributed by atoms with Crippen LogP contribution in [0.4, 0.5) is 0 Å². The minimum Gasteiger partial charge on any atom is -0.456 e. The van der Waals surface area contributed by atoms with Crippen molar-refractivity contribution in [1.82, 2.24) is 4.57 Å². The van der Waals surface area contributed by atoms with Crippen LogP contribution in [0.25, 0.3) is 71.7 Å². The molecule has 0 fully saturated rings. The second-order valence-corrected chi connectivity index (χ2v) is 10.9. The first kappa shape index (κ1) is 22.4. The first-order chi connectivity index (χ1) is 19.2. The molecule has 2 nitrogen and oxygen atoms in total. The Hall–Kier alpha value is -4.60. The second-order valence-electron chi connectivity index (χ2n) is 9.95. The monoisotopic (exact) mass is 563 g/mol. The Morgan fingerprint density at radius 1 is 0.436 bits per heavy atom. The van der Waals surface area contributed by atoms with E-state index >= 15 is 0 Å². The smallest absolute Gasteiger partial charge is 0.135 e. The molecule has 0 N–H and O–H groups in total. The lowest BCUT2D eigenvalue weighted by atomic mass is 9.99. The number of fused-ring (bicyclic) bond motifs is 6. The summed E-state index contributed by atoms with van der Waals surface area (Å²) in [5, 5.41) is 4.77. The zero-order valence-electron chi connectivity index (χ0n) is 20.9. The average Bonchev–Trinajstić information content (AvgIpc) is 3.52. The third kappa shape index (κ3) is 3.62. The molecule has 0 radical (unpaired) electrons. The van der Waals surface area contributed by atoms with Crippen LogP contribution < -0.4 is 0 Å². The minimum atomic E-state index is 0.906. The van der Waals surface area contributed by atoms with Gasteiger partial charge in [0.25, 0.3) is 0 Å². The molecule has 0 amide bonds. The predicted octanol–water partition coefficient (Wildman–Crippen LogP) is 10.8. The molecular formula is C36H22BrNO. The summed E-state index contributed by atoms with van der Waals surface area (Å²) in [6, 6.07) is 47.5. The van der Waals surface area contributed by atoms with E-state index in [0.717, 1.165) is 26.4 Å². The standard InChI is InChI=1S/C36H22BrNO/c37-27-15-10-23(11-16-27)24-13-18-35-31(21-24)32-22-26(14-19-36(32)39-35)25-12-17-34-30(20-25)29-8-4-5-9-33(29)38(34)28-6-2-1-3-7-28/h1-22H. The van der Waals surface area contributed by atoms with Gasteiger partial charge >= 0.3 is 0 Å². The van der Waals surface area contributed by atoms with Crippen LogP contribution in [-0.2, 0) is 0 Å². The van der Waals surface area contributed by atoms with Gasteiger partial charge in [-0.25, -0.2) is 0 Å². The highest BCUT2D eigenvalue weighted by Gasteiger charge is 2.14. The molecule has 0 aliphatic rings. The zero-order chi connectivity index (χ0) is 25.9. The number of rotatable bonds is 3. The van der Waals surface area contributed by atoms with Gasteiger partial charge in [-0.05, 0) is 89.0 Å². The van der Waals surface area contributed by atoms with E-state index in [1.54, 1.807) is 0 Å². The third-order valence-corrected chi connectivity index (χ3v) is 8.20. The summed E-state index contributed by atoms with van der Waals surface area (Å²) >= 11 is 3.54. The summed E-state index contributed by atoms with van der Waals surface area (Å²) in [5.74, 6) is 0. The number of aromatic nitrogens is 1. The maximum Gasteiger partial charge on any atom is 0.135 e. The van der Waals surface area contributed by atoms with Gasteiger partial charge in [0, 0.05) is 31.7 Å². The molecule has 0 saturated carbocycles. The van der Waals surface area contributed by atoms with Gasteiger partial charge in [0.05, 0.1) is 11.0 Å². The fourth-order valence-electron chi connectivity index (χ4n) is 5.79. The van der Waals surface area contributed by atoms with Crippen molar-refractivity contribution < 1.29 is 4.42 Å². The minimum absolute atomic E-state index is 0.906. The number of hydrogen-bond acceptors (Lipinski definition) is 1. The number of halogens is 1. The van der Waals surface area contributed by atoms with Crippen molar-refractivity contribution in [3.63, 3.8) is 0 Å². The van der Waals surface area contributed by atoms with Crippen molar-refractivity contribution in [1.29, 1.82) is 0 Å². The molecule has 8 rings (SSSR count). The first-order valence-corrected chi connectivity index (χ1v) is 13.8. The van der Waals surface area contributed by atoms with E-state index in [-0.39, 0.29) is 0 Å². The lowest BCUT2D eigenvalue weighted by Gasteiger charge is -2.08. The van der Waals surface area contributed by atoms with Gasteiger partial charge in [-0.15, -0.1) is 0 Å². The van der Waals surface area contributed by atoms with Gasteiger partial charge in [0.15, 0.2) is 0 Å². The summed E-state index contributed by atoms with van der Waals surface area (Å²) in [4.78, 5) is 0. The van der Waals surface area contributed by atoms with E-state index in [9.17, 15) is 0 Å². The van der Waals surface area contributed by atoms with E-state index in [1.807, 2.05) is 0 Å². The highest BCUT2D eigenvalue weighted by molar-refractivity contribution is 9.10. The van der Waals surface area contributed by atoms with Crippen LogP contribution in [0.5, 0.6) is 0 Å². The molecule has 0 atom stereocenters. The summed E-state index contributed by atoms with van der Waals surface area (Å²) < 4.78 is 9.65. The maximum absolute atomic E-state index is 6.22. The Balaban J connectivity index is 1.30. The zero-order valence-corrected chi connectivity index (χ0v) is 22.5. The lowest BCUT2D eigenvalue weighted by Crippen LogP contribution is -1.92. The van der Waals surface area contributed by atoms with Crippen molar-refractivity contribution in [2.24, 2.45) is 0 Å². The number of para-hydroxylation sites is 2. The molecule has 0 spiro atoms. The van der Waals surface area contributed by atoms with Crippen LogP contribution in [0.2, 0.25) is 0 Å². The molecule has 2 aromatic heterocycles. The number of furan rings is 1. The van der Waals surface area contributed by atoms with E-state index in [4.69, 9.17) is 4.42 Å². The predicted molar refractivity (Wildman–Crippen MR) is 167 cm³/mol. The maximum atomic E-state index is 6.22. The summed E-state index contributed by atoms with van der Waals surface area (Å²) in [6.45, 7) is 0. The highest BCUT2D eigenvalue weighted by Crippen LogP contribution is 2.38. The van der Waals surface area contributed by atoms with Crippen molar-refractivity contribution in [2.75, 3.05) is 0 Å². The van der Waals surface area contributed by atoms with Gasteiger partial charge in [0.1, 0.15) is 11.2 Å². The largest absolute Gasteiger partial charge is 0.456 e. The van der Waals surface area contributed by atoms with E-state index in [1.165, 1.54) is 49.7 Å². The van der Waals surface area contributed by atoms with Gasteiger partial charge < -0.3 is 8.98 Å². The molecule has 184 valence electrons. The molecule has 39 heavy (non-hydrogen) atoms. The highest BCUT2D eigenvalue weighted by atomic mass is 79.9. The molecule has 3 heteroatoms. The molecule has 0 aliphatic carbocycles. The van der Waals surface area contributed by atoms with Gasteiger partial charge in [-0.3, -0.25) is 0 Å². The SMILES string of the molecule is Brc1ccc(-c2ccc3oc4ccc(-c5ccc6c(c5)c5ccccc5n6-c5ccccc5)cc4c3c2)cc1. The molecule has 0 unspecified atom stereocenters. The van der Waals surface area contributed by atoms with Crippen LogP contribution >= 0.6 is 15.9 Å². The first-order valence-electron chi connectivity index (χ1n) is 13.0. The molecule has 0 saturated heterocycles. The summed E-state index contributed by atoms with van der Waals surface area (Å²) in [5.41, 5.74) is 10.1. The van der Waals surface area contributed by atoms with Crippen LogP contribution in [0, 0.1) is 0 Å². The van der Waals surface area contributed by atoms with E-state index < -0.39 is 0 Å². The normalized spacial score (nSPS) is 11.7. The van der Waals surface area contributed by atoms with Crippen LogP contribution in [-0.4, -0.2) is 4.57 Å². The van der Waals surface area contributed by atoms with Gasteiger partial charge in [-0.2, -0.15) is 0 Å². The van der Waals surface area contributed by atoms with Crippen molar-refractivity contribution in [3.8, 4) is 27.9 Å². The van der Waals surface area contributed by atoms with E-state index in [2.05, 4.69) is 154 Å². The van der Waals surface area contributed by atoms with Crippen LogP contribution in [0.3, 0.4) is 0 Å². The third-order valence-electron chi connectivity index (χ3n) is 7.67. The van der Waals surface area contributed by atoms with Gasteiger partial charge in [0.2, 0.25) is 0 Å². The number of hydrogen-bond donors (Lipinski definition) is 0. The quantitative estimate of drug-likeness (QED) is 0.209. The Labute approximate surface area is 233 Å². The fourth-order valence-corrected chi connectivity index (χ4v) is 6.05.